The molecule has 1 unspecified atom stereocenters. The van der Waals surface area contributed by atoms with Crippen LogP contribution < -0.4 is 5.32 Å². The van der Waals surface area contributed by atoms with E-state index >= 15 is 0 Å². The Bertz CT molecular complexity index is 766. The summed E-state index contributed by atoms with van der Waals surface area (Å²) in [5.41, 5.74) is 0.703. The minimum atomic E-state index is -3.27. The number of amides is 1. The van der Waals surface area contributed by atoms with Crippen LogP contribution in [0.15, 0.2) is 46.7 Å². The Balaban J connectivity index is 1.58. The van der Waals surface area contributed by atoms with Gasteiger partial charge in [0.2, 0.25) is 5.91 Å². The van der Waals surface area contributed by atoms with Crippen molar-refractivity contribution < 1.29 is 13.2 Å². The van der Waals surface area contributed by atoms with Crippen LogP contribution in [0.4, 0.5) is 0 Å². The third-order valence-electron chi connectivity index (χ3n) is 3.76. The number of thiophene rings is 1. The van der Waals surface area contributed by atoms with E-state index in [2.05, 4.69) is 11.4 Å². The van der Waals surface area contributed by atoms with Gasteiger partial charge in [-0.25, -0.2) is 8.42 Å². The van der Waals surface area contributed by atoms with Crippen molar-refractivity contribution in [1.29, 1.82) is 0 Å². The maximum Gasteiger partial charge on any atom is 0.220 e. The molecule has 1 aromatic carbocycles. The second-order valence-corrected chi connectivity index (χ2v) is 8.41. The van der Waals surface area contributed by atoms with Crippen molar-refractivity contribution in [3.05, 3.63) is 52.2 Å². The van der Waals surface area contributed by atoms with Crippen LogP contribution in [0, 0.1) is 0 Å². The summed E-state index contributed by atoms with van der Waals surface area (Å²) < 4.78 is 24.1. The molecule has 0 spiro atoms. The van der Waals surface area contributed by atoms with Gasteiger partial charge in [0.25, 0.3) is 0 Å². The predicted molar refractivity (Wildman–Crippen MR) is 86.6 cm³/mol. The Morgan fingerprint density at radius 1 is 1.23 bits per heavy atom. The van der Waals surface area contributed by atoms with Crippen LogP contribution in [-0.4, -0.2) is 20.1 Å². The molecule has 1 aliphatic heterocycles. The summed E-state index contributed by atoms with van der Waals surface area (Å²) >= 11 is 1.69. The van der Waals surface area contributed by atoms with Gasteiger partial charge in [0.05, 0.1) is 16.7 Å². The van der Waals surface area contributed by atoms with E-state index in [0.29, 0.717) is 16.9 Å². The number of benzene rings is 1. The van der Waals surface area contributed by atoms with Gasteiger partial charge in [-0.3, -0.25) is 4.79 Å². The molecule has 2 heterocycles. The van der Waals surface area contributed by atoms with Crippen molar-refractivity contribution in [3.63, 3.8) is 0 Å². The largest absolute Gasteiger partial charge is 0.348 e. The van der Waals surface area contributed by atoms with Crippen LogP contribution in [-0.2, 0) is 21.1 Å². The molecule has 1 aromatic heterocycles. The minimum Gasteiger partial charge on any atom is -0.348 e. The quantitative estimate of drug-likeness (QED) is 0.914. The second-order valence-electron chi connectivity index (χ2n) is 5.37. The Labute approximate surface area is 134 Å². The fraction of sp³-hybridized carbons (Fsp3) is 0.312. The van der Waals surface area contributed by atoms with E-state index in [9.17, 15) is 13.2 Å². The maximum absolute atomic E-state index is 12.1. The lowest BCUT2D eigenvalue weighted by Gasteiger charge is -2.12. The Morgan fingerprint density at radius 2 is 2.05 bits per heavy atom. The first-order valence-corrected chi connectivity index (χ1v) is 9.73. The number of aryl methyl sites for hydroxylation is 1. The summed E-state index contributed by atoms with van der Waals surface area (Å²) in [6.07, 6.45) is 2.06. The van der Waals surface area contributed by atoms with Gasteiger partial charge in [-0.05, 0) is 35.9 Å². The van der Waals surface area contributed by atoms with Crippen molar-refractivity contribution in [2.75, 3.05) is 5.75 Å². The molecule has 0 aliphatic carbocycles. The van der Waals surface area contributed by atoms with E-state index in [0.717, 1.165) is 12.8 Å². The standard InChI is InChI=1S/C16H17NO3S2/c18-16(9-3-5-12-6-4-10-21-12)17-14-11-22(19,20)15-8-2-1-7-13(14)15/h1-2,4,6-8,10,14H,3,5,9,11H2,(H,17,18). The molecule has 0 bridgehead atoms. The van der Waals surface area contributed by atoms with Crippen LogP contribution in [0.5, 0.6) is 0 Å². The summed E-state index contributed by atoms with van der Waals surface area (Å²) in [5, 5.41) is 4.88. The molecule has 22 heavy (non-hydrogen) atoms. The SMILES string of the molecule is O=C(CCCc1cccs1)NC1CS(=O)(=O)c2ccccc21. The van der Waals surface area contributed by atoms with E-state index in [1.54, 1.807) is 35.6 Å². The number of hydrogen-bond donors (Lipinski definition) is 1. The molecule has 2 aromatic rings. The van der Waals surface area contributed by atoms with Crippen molar-refractivity contribution in [1.82, 2.24) is 5.32 Å². The zero-order chi connectivity index (χ0) is 15.6. The molecule has 0 fully saturated rings. The average molecular weight is 335 g/mol. The highest BCUT2D eigenvalue weighted by Crippen LogP contribution is 2.32. The number of rotatable bonds is 5. The smallest absolute Gasteiger partial charge is 0.220 e. The number of sulfone groups is 1. The molecule has 3 rings (SSSR count). The molecule has 4 nitrogen and oxygen atoms in total. The molecule has 0 radical (unpaired) electrons. The van der Waals surface area contributed by atoms with E-state index in [4.69, 9.17) is 0 Å². The first kappa shape index (κ1) is 15.2. The molecule has 1 amide bonds. The summed E-state index contributed by atoms with van der Waals surface area (Å²) in [5.74, 6) is -0.128. The monoisotopic (exact) mass is 335 g/mol. The van der Waals surface area contributed by atoms with Crippen molar-refractivity contribution >= 4 is 27.1 Å². The van der Waals surface area contributed by atoms with Gasteiger partial charge in [0.15, 0.2) is 9.84 Å². The number of hydrogen-bond acceptors (Lipinski definition) is 4. The summed E-state index contributed by atoms with van der Waals surface area (Å²) in [6, 6.07) is 10.5. The van der Waals surface area contributed by atoms with E-state index < -0.39 is 15.9 Å². The van der Waals surface area contributed by atoms with Gasteiger partial charge in [-0.1, -0.05) is 24.3 Å². The first-order valence-electron chi connectivity index (χ1n) is 7.20. The third kappa shape index (κ3) is 3.23. The molecule has 116 valence electrons. The fourth-order valence-corrected chi connectivity index (χ4v) is 5.20. The lowest BCUT2D eigenvalue weighted by Crippen LogP contribution is -2.29. The van der Waals surface area contributed by atoms with Crippen LogP contribution in [0.2, 0.25) is 0 Å². The molecule has 1 aliphatic rings. The zero-order valence-corrected chi connectivity index (χ0v) is 13.6. The fourth-order valence-electron chi connectivity index (χ4n) is 2.71. The molecule has 0 saturated heterocycles. The highest BCUT2D eigenvalue weighted by molar-refractivity contribution is 7.91. The van der Waals surface area contributed by atoms with E-state index in [1.807, 2.05) is 11.4 Å². The van der Waals surface area contributed by atoms with Crippen LogP contribution in [0.25, 0.3) is 0 Å². The van der Waals surface area contributed by atoms with Crippen molar-refractivity contribution in [2.24, 2.45) is 0 Å². The van der Waals surface area contributed by atoms with E-state index in [-0.39, 0.29) is 11.7 Å². The van der Waals surface area contributed by atoms with Gasteiger partial charge >= 0.3 is 0 Å². The summed E-state index contributed by atoms with van der Waals surface area (Å²) in [4.78, 5) is 13.7. The van der Waals surface area contributed by atoms with Gasteiger partial charge in [-0.15, -0.1) is 11.3 Å². The average Bonchev–Trinajstić information content (AvgIpc) is 3.07. The van der Waals surface area contributed by atoms with Crippen LogP contribution in [0.3, 0.4) is 0 Å². The van der Waals surface area contributed by atoms with Crippen LogP contribution >= 0.6 is 11.3 Å². The first-order chi connectivity index (χ1) is 10.6. The Morgan fingerprint density at radius 3 is 2.82 bits per heavy atom. The Hall–Kier alpha value is -1.66. The molecule has 6 heteroatoms. The summed E-state index contributed by atoms with van der Waals surface area (Å²) in [7, 11) is -3.27. The molecular weight excluding hydrogens is 318 g/mol. The lowest BCUT2D eigenvalue weighted by atomic mass is 10.1. The molecular formula is C16H17NO3S2. The number of fused-ring (bicyclic) bond motifs is 1. The van der Waals surface area contributed by atoms with Crippen LogP contribution in [0.1, 0.15) is 29.3 Å². The topological polar surface area (TPSA) is 63.2 Å². The maximum atomic E-state index is 12.1. The minimum absolute atomic E-state index is 0.0387. The number of carbonyl (C=O) groups excluding carboxylic acids is 1. The number of carbonyl (C=O) groups is 1. The normalized spacial score (nSPS) is 18.8. The summed E-state index contributed by atoms with van der Waals surface area (Å²) in [6.45, 7) is 0. The third-order valence-corrected chi connectivity index (χ3v) is 6.51. The highest BCUT2D eigenvalue weighted by Gasteiger charge is 2.34. The number of nitrogens with one attached hydrogen (secondary N) is 1. The lowest BCUT2D eigenvalue weighted by molar-refractivity contribution is -0.121. The second kappa shape index (κ2) is 6.22. The van der Waals surface area contributed by atoms with Gasteiger partial charge in [-0.2, -0.15) is 0 Å². The Kier molecular flexibility index (Phi) is 4.31. The predicted octanol–water partition coefficient (Wildman–Crippen LogP) is 2.72. The van der Waals surface area contributed by atoms with Crippen molar-refractivity contribution in [3.8, 4) is 0 Å². The zero-order valence-electron chi connectivity index (χ0n) is 12.0. The van der Waals surface area contributed by atoms with Crippen molar-refractivity contribution in [2.45, 2.75) is 30.2 Å². The van der Waals surface area contributed by atoms with Gasteiger partial charge < -0.3 is 5.32 Å². The molecule has 1 N–H and O–H groups in total. The van der Waals surface area contributed by atoms with Gasteiger partial charge in [0.1, 0.15) is 0 Å². The highest BCUT2D eigenvalue weighted by atomic mass is 32.2. The van der Waals surface area contributed by atoms with E-state index in [1.165, 1.54) is 4.88 Å². The molecule has 1 atom stereocenters. The molecule has 0 saturated carbocycles. The van der Waals surface area contributed by atoms with Gasteiger partial charge in [0, 0.05) is 11.3 Å².